The summed E-state index contributed by atoms with van der Waals surface area (Å²) in [7, 11) is 0. The molecule has 2 heterocycles. The molecule has 0 aliphatic carbocycles. The van der Waals surface area contributed by atoms with Crippen molar-refractivity contribution in [2.75, 3.05) is 11.1 Å². The van der Waals surface area contributed by atoms with Crippen molar-refractivity contribution in [3.05, 3.63) is 64.3 Å². The maximum Gasteiger partial charge on any atom is 0.359 e. The van der Waals surface area contributed by atoms with Crippen molar-refractivity contribution < 1.29 is 9.53 Å². The first kappa shape index (κ1) is 19.0. The van der Waals surface area contributed by atoms with Crippen molar-refractivity contribution in [1.82, 2.24) is 24.7 Å². The number of nitrogens with zero attached hydrogens (tertiary/aromatic N) is 5. The number of hydrogen-bond acceptors (Lipinski definition) is 9. The van der Waals surface area contributed by atoms with Gasteiger partial charge in [0.25, 0.3) is 5.56 Å². The number of anilines is 3. The molecule has 0 amide bonds. The Morgan fingerprint density at radius 3 is 2.68 bits per heavy atom. The van der Waals surface area contributed by atoms with Crippen LogP contribution in [0.2, 0.25) is 0 Å². The van der Waals surface area contributed by atoms with Crippen molar-refractivity contribution in [3.63, 3.8) is 0 Å². The molecule has 3 rings (SSSR count). The largest absolute Gasteiger partial charge is 0.453 e. The normalized spacial score (nSPS) is 10.5. The van der Waals surface area contributed by atoms with Gasteiger partial charge in [-0.3, -0.25) is 4.79 Å². The molecule has 0 aliphatic heterocycles. The van der Waals surface area contributed by atoms with Gasteiger partial charge in [0.15, 0.2) is 18.1 Å². The zero-order chi connectivity index (χ0) is 19.9. The average Bonchev–Trinajstić information content (AvgIpc) is 2.68. The van der Waals surface area contributed by atoms with Crippen molar-refractivity contribution in [2.45, 2.75) is 26.5 Å². The second-order valence-electron chi connectivity index (χ2n) is 5.78. The Morgan fingerprint density at radius 2 is 1.93 bits per heavy atom. The highest BCUT2D eigenvalue weighted by Crippen LogP contribution is 2.13. The molecule has 0 aliphatic rings. The number of nitrogens with one attached hydrogen (secondary N) is 1. The maximum absolute atomic E-state index is 12.2. The van der Waals surface area contributed by atoms with E-state index in [0.717, 1.165) is 5.69 Å². The van der Waals surface area contributed by atoms with Gasteiger partial charge >= 0.3 is 5.97 Å². The Bertz CT molecular complexity index is 1020. The summed E-state index contributed by atoms with van der Waals surface area (Å²) < 4.78 is 6.42. The van der Waals surface area contributed by atoms with Crippen molar-refractivity contribution in [3.8, 4) is 0 Å². The summed E-state index contributed by atoms with van der Waals surface area (Å²) in [5, 5.41) is 7.00. The molecule has 0 spiro atoms. The minimum atomic E-state index is -0.693. The van der Waals surface area contributed by atoms with Crippen LogP contribution in [0, 0.1) is 0 Å². The van der Waals surface area contributed by atoms with Gasteiger partial charge in [0.1, 0.15) is 0 Å². The number of hydrogen-bond donors (Lipinski definition) is 2. The fourth-order valence-electron chi connectivity index (χ4n) is 2.34. The summed E-state index contributed by atoms with van der Waals surface area (Å²) in [6, 6.07) is 11.9. The molecule has 0 radical (unpaired) electrons. The minimum absolute atomic E-state index is 0.00546. The van der Waals surface area contributed by atoms with Gasteiger partial charge in [-0.25, -0.2) is 9.48 Å². The third-order valence-corrected chi connectivity index (χ3v) is 3.57. The highest BCUT2D eigenvalue weighted by molar-refractivity contribution is 5.86. The van der Waals surface area contributed by atoms with Gasteiger partial charge in [-0.15, -0.1) is 0 Å². The van der Waals surface area contributed by atoms with E-state index in [1.165, 1.54) is 16.8 Å². The van der Waals surface area contributed by atoms with Gasteiger partial charge in [-0.2, -0.15) is 20.1 Å². The number of carbonyl (C=O) groups excluding carboxylic acids is 1. The molecule has 28 heavy (non-hydrogen) atoms. The standard InChI is InChI=1S/C18H19N7O3/c1-2-10-25-15(26)9-8-13(24-25)16(27)28-11-14-21-17(19)23-18(22-14)20-12-6-4-3-5-7-12/h3-9H,2,10-11H2,1H3,(H3,19,20,21,22,23). The van der Waals surface area contributed by atoms with E-state index in [-0.39, 0.29) is 35.6 Å². The molecule has 0 atom stereocenters. The number of para-hydroxylation sites is 1. The van der Waals surface area contributed by atoms with Gasteiger partial charge in [0.2, 0.25) is 11.9 Å². The molecule has 3 aromatic rings. The topological polar surface area (TPSA) is 138 Å². The fourth-order valence-corrected chi connectivity index (χ4v) is 2.34. The number of ether oxygens (including phenoxy) is 1. The lowest BCUT2D eigenvalue weighted by atomic mass is 10.3. The first-order valence-electron chi connectivity index (χ1n) is 8.63. The number of nitrogens with two attached hydrogens (primary N) is 1. The van der Waals surface area contributed by atoms with Crippen LogP contribution >= 0.6 is 0 Å². The fraction of sp³-hybridized carbons (Fsp3) is 0.222. The molecule has 10 nitrogen and oxygen atoms in total. The predicted molar refractivity (Wildman–Crippen MR) is 102 cm³/mol. The molecule has 2 aromatic heterocycles. The summed E-state index contributed by atoms with van der Waals surface area (Å²) >= 11 is 0. The third-order valence-electron chi connectivity index (χ3n) is 3.57. The van der Waals surface area contributed by atoms with E-state index in [1.54, 1.807) is 0 Å². The number of nitrogen functional groups attached to an aromatic ring is 1. The summed E-state index contributed by atoms with van der Waals surface area (Å²) in [5.41, 5.74) is 6.23. The zero-order valence-electron chi connectivity index (χ0n) is 15.2. The van der Waals surface area contributed by atoms with E-state index in [9.17, 15) is 9.59 Å². The summed E-state index contributed by atoms with van der Waals surface area (Å²) in [5.74, 6) is -0.281. The van der Waals surface area contributed by atoms with E-state index < -0.39 is 5.97 Å². The molecule has 10 heteroatoms. The van der Waals surface area contributed by atoms with Crippen molar-refractivity contribution >= 4 is 23.6 Å². The molecule has 0 unspecified atom stereocenters. The Kier molecular flexibility index (Phi) is 5.90. The lowest BCUT2D eigenvalue weighted by Gasteiger charge is -2.08. The number of carbonyl (C=O) groups is 1. The van der Waals surface area contributed by atoms with Crippen LogP contribution in [0.5, 0.6) is 0 Å². The predicted octanol–water partition coefficient (Wildman–Crippen LogP) is 1.52. The molecule has 0 saturated heterocycles. The summed E-state index contributed by atoms with van der Waals surface area (Å²) in [6.07, 6.45) is 0.715. The molecular weight excluding hydrogens is 362 g/mol. The second-order valence-corrected chi connectivity index (χ2v) is 5.78. The Balaban J connectivity index is 1.69. The number of aryl methyl sites for hydroxylation is 1. The molecule has 1 aromatic carbocycles. The first-order valence-corrected chi connectivity index (χ1v) is 8.63. The monoisotopic (exact) mass is 381 g/mol. The van der Waals surface area contributed by atoms with E-state index >= 15 is 0 Å². The lowest BCUT2D eigenvalue weighted by Crippen LogP contribution is -2.24. The van der Waals surface area contributed by atoms with Crippen LogP contribution in [0.1, 0.15) is 29.7 Å². The first-order chi connectivity index (χ1) is 13.5. The van der Waals surface area contributed by atoms with E-state index in [4.69, 9.17) is 10.5 Å². The van der Waals surface area contributed by atoms with E-state index in [2.05, 4.69) is 25.4 Å². The molecule has 0 fully saturated rings. The van der Waals surface area contributed by atoms with Gasteiger partial charge in [-0.1, -0.05) is 25.1 Å². The maximum atomic E-state index is 12.2. The SMILES string of the molecule is CCCn1nc(C(=O)OCc2nc(N)nc(Nc3ccccc3)n2)ccc1=O. The average molecular weight is 381 g/mol. The number of aromatic nitrogens is 5. The van der Waals surface area contributed by atoms with Gasteiger partial charge in [-0.05, 0) is 24.6 Å². The Morgan fingerprint density at radius 1 is 1.14 bits per heavy atom. The molecule has 3 N–H and O–H groups in total. The van der Waals surface area contributed by atoms with Crippen LogP contribution in [0.15, 0.2) is 47.3 Å². The molecule has 0 saturated carbocycles. The molecule has 0 bridgehead atoms. The third kappa shape index (κ3) is 4.87. The summed E-state index contributed by atoms with van der Waals surface area (Å²) in [6.45, 7) is 2.10. The summed E-state index contributed by atoms with van der Waals surface area (Å²) in [4.78, 5) is 36.1. The van der Waals surface area contributed by atoms with E-state index in [0.29, 0.717) is 13.0 Å². The number of rotatable bonds is 7. The smallest absolute Gasteiger partial charge is 0.359 e. The Hall–Kier alpha value is -3.82. The van der Waals surface area contributed by atoms with Crippen LogP contribution in [-0.2, 0) is 17.9 Å². The van der Waals surface area contributed by atoms with Crippen LogP contribution in [0.4, 0.5) is 17.6 Å². The van der Waals surface area contributed by atoms with Crippen molar-refractivity contribution in [2.24, 2.45) is 0 Å². The minimum Gasteiger partial charge on any atom is -0.453 e. The van der Waals surface area contributed by atoms with Crippen molar-refractivity contribution in [1.29, 1.82) is 0 Å². The second kappa shape index (κ2) is 8.71. The van der Waals surface area contributed by atoms with Gasteiger partial charge < -0.3 is 15.8 Å². The number of benzene rings is 1. The van der Waals surface area contributed by atoms with Crippen LogP contribution in [0.25, 0.3) is 0 Å². The Labute approximate surface area is 160 Å². The van der Waals surface area contributed by atoms with Crippen LogP contribution < -0.4 is 16.6 Å². The molecule has 144 valence electrons. The highest BCUT2D eigenvalue weighted by atomic mass is 16.5. The van der Waals surface area contributed by atoms with Gasteiger partial charge in [0, 0.05) is 18.3 Å². The highest BCUT2D eigenvalue weighted by Gasteiger charge is 2.13. The van der Waals surface area contributed by atoms with E-state index in [1.807, 2.05) is 37.3 Å². The number of esters is 1. The van der Waals surface area contributed by atoms with Crippen LogP contribution in [-0.4, -0.2) is 30.7 Å². The zero-order valence-corrected chi connectivity index (χ0v) is 15.2. The van der Waals surface area contributed by atoms with Gasteiger partial charge in [0.05, 0.1) is 0 Å². The quantitative estimate of drug-likeness (QED) is 0.583. The molecular formula is C18H19N7O3. The van der Waals surface area contributed by atoms with Crippen LogP contribution in [0.3, 0.4) is 0 Å². The lowest BCUT2D eigenvalue weighted by molar-refractivity contribution is 0.0452.